The van der Waals surface area contributed by atoms with E-state index < -0.39 is 0 Å². The summed E-state index contributed by atoms with van der Waals surface area (Å²) in [5.41, 5.74) is 1.06. The van der Waals surface area contributed by atoms with E-state index in [1.807, 2.05) is 4.08 Å². The Balaban J connectivity index is 2.99. The Morgan fingerprint density at radius 2 is 1.82 bits per heavy atom. The van der Waals surface area contributed by atoms with Crippen LogP contribution in [0.1, 0.15) is 5.56 Å². The third-order valence-corrected chi connectivity index (χ3v) is 3.96. The van der Waals surface area contributed by atoms with E-state index in [4.69, 9.17) is 0 Å². The van der Waals surface area contributed by atoms with E-state index in [0.29, 0.717) is 0 Å². The topological polar surface area (TPSA) is 0 Å². The first-order valence-corrected chi connectivity index (χ1v) is 5.28. The highest BCUT2D eigenvalue weighted by molar-refractivity contribution is 14.1. The molecule has 0 bridgehead atoms. The second-order valence-corrected chi connectivity index (χ2v) is 3.75. The van der Waals surface area contributed by atoms with Crippen LogP contribution in [0.5, 0.6) is 0 Å². The van der Waals surface area contributed by atoms with Crippen LogP contribution >= 0.6 is 45.2 Å². The molecule has 0 aliphatic heterocycles. The molecule has 0 amide bonds. The van der Waals surface area contributed by atoms with E-state index in [0.717, 1.165) is 9.14 Å². The van der Waals surface area contributed by atoms with Crippen molar-refractivity contribution in [2.45, 2.75) is 0 Å². The highest BCUT2D eigenvalue weighted by atomic mass is 127. The van der Waals surface area contributed by atoms with Crippen LogP contribution in [0.15, 0.2) is 28.3 Å². The molecule has 0 saturated carbocycles. The Morgan fingerprint density at radius 3 is 2.27 bits per heavy atom. The quantitative estimate of drug-likeness (QED) is 0.653. The van der Waals surface area contributed by atoms with E-state index in [9.17, 15) is 4.39 Å². The highest BCUT2D eigenvalue weighted by Gasteiger charge is 1.95. The van der Waals surface area contributed by atoms with Crippen LogP contribution in [0.25, 0.3) is 3.58 Å². The number of rotatable bonds is 1. The molecule has 3 heteroatoms. The molecular formula is C8H5FI2. The monoisotopic (exact) mass is 374 g/mol. The molecule has 0 atom stereocenters. The summed E-state index contributed by atoms with van der Waals surface area (Å²) < 4.78 is 15.5. The summed E-state index contributed by atoms with van der Waals surface area (Å²) in [6.07, 6.45) is 0. The number of hydrogen-bond donors (Lipinski definition) is 0. The van der Waals surface area contributed by atoms with Crippen molar-refractivity contribution in [2.24, 2.45) is 0 Å². The fraction of sp³-hybridized carbons (Fsp3) is 0. The zero-order valence-electron chi connectivity index (χ0n) is 5.52. The van der Waals surface area contributed by atoms with Gasteiger partial charge in [-0.25, -0.2) is 4.39 Å². The molecule has 0 aromatic heterocycles. The van der Waals surface area contributed by atoms with Gasteiger partial charge in [-0.2, -0.15) is 0 Å². The summed E-state index contributed by atoms with van der Waals surface area (Å²) >= 11 is 4.38. The zero-order chi connectivity index (χ0) is 8.27. The maximum atomic E-state index is 12.4. The van der Waals surface area contributed by atoms with E-state index in [2.05, 4.69) is 45.2 Å². The molecule has 0 radical (unpaired) electrons. The molecule has 0 N–H and O–H groups in total. The molecule has 0 spiro atoms. The van der Waals surface area contributed by atoms with Gasteiger partial charge in [0.05, 0.1) is 0 Å². The summed E-state index contributed by atoms with van der Waals surface area (Å²) in [5.74, 6) is -0.189. The average molecular weight is 374 g/mol. The Kier molecular flexibility index (Phi) is 3.77. The summed E-state index contributed by atoms with van der Waals surface area (Å²) in [7, 11) is 0. The van der Waals surface area contributed by atoms with Crippen molar-refractivity contribution in [1.29, 1.82) is 0 Å². The number of hydrogen-bond acceptors (Lipinski definition) is 0. The van der Waals surface area contributed by atoms with Crippen LogP contribution < -0.4 is 0 Å². The molecule has 11 heavy (non-hydrogen) atoms. The Hall–Kier alpha value is 0.350. The van der Waals surface area contributed by atoms with Crippen molar-refractivity contribution >= 4 is 48.8 Å². The third kappa shape index (κ3) is 2.70. The predicted octanol–water partition coefficient (Wildman–Crippen LogP) is 3.99. The number of halogens is 3. The van der Waals surface area contributed by atoms with Gasteiger partial charge in [-0.3, -0.25) is 0 Å². The fourth-order valence-corrected chi connectivity index (χ4v) is 1.39. The van der Waals surface area contributed by atoms with Gasteiger partial charge in [0.1, 0.15) is 5.82 Å². The largest absolute Gasteiger partial charge is 0.207 e. The molecule has 0 saturated heterocycles. The minimum Gasteiger partial charge on any atom is -0.207 e. The molecule has 58 valence electrons. The first-order chi connectivity index (χ1) is 5.24. The SMILES string of the molecule is Fc1ccc(/C(I)=C\I)cc1. The van der Waals surface area contributed by atoms with E-state index in [1.165, 1.54) is 12.1 Å². The molecule has 1 aromatic carbocycles. The third-order valence-electron chi connectivity index (χ3n) is 1.22. The summed E-state index contributed by atoms with van der Waals surface area (Å²) in [6.45, 7) is 0. The molecule has 1 aromatic rings. The number of benzene rings is 1. The van der Waals surface area contributed by atoms with Gasteiger partial charge in [-0.15, -0.1) is 0 Å². The fourth-order valence-electron chi connectivity index (χ4n) is 0.672. The average Bonchev–Trinajstić information content (AvgIpc) is 2.05. The lowest BCUT2D eigenvalue weighted by Crippen LogP contribution is -1.76. The van der Waals surface area contributed by atoms with E-state index in [1.54, 1.807) is 12.1 Å². The van der Waals surface area contributed by atoms with Crippen molar-refractivity contribution in [1.82, 2.24) is 0 Å². The maximum absolute atomic E-state index is 12.4. The Bertz CT molecular complexity index is 264. The van der Waals surface area contributed by atoms with Gasteiger partial charge in [0.2, 0.25) is 0 Å². The van der Waals surface area contributed by atoms with Crippen molar-refractivity contribution < 1.29 is 4.39 Å². The second-order valence-electron chi connectivity index (χ2n) is 1.96. The van der Waals surface area contributed by atoms with Gasteiger partial charge in [0, 0.05) is 3.58 Å². The predicted molar refractivity (Wildman–Crippen MR) is 62.4 cm³/mol. The van der Waals surface area contributed by atoms with Crippen LogP contribution in [-0.2, 0) is 0 Å². The minimum absolute atomic E-state index is 0.189. The highest BCUT2D eigenvalue weighted by Crippen LogP contribution is 2.22. The summed E-state index contributed by atoms with van der Waals surface area (Å²) in [6, 6.07) is 6.47. The standard InChI is InChI=1S/C8H5FI2/c9-7-3-1-6(2-4-7)8(11)5-10/h1-5H/b8-5+. The zero-order valence-corrected chi connectivity index (χ0v) is 9.84. The van der Waals surface area contributed by atoms with Crippen LogP contribution in [0.2, 0.25) is 0 Å². The van der Waals surface area contributed by atoms with Gasteiger partial charge in [0.25, 0.3) is 0 Å². The van der Waals surface area contributed by atoms with Gasteiger partial charge in [-0.05, 0) is 44.4 Å². The normalized spacial score (nSPS) is 11.7. The van der Waals surface area contributed by atoms with Crippen molar-refractivity contribution in [3.05, 3.63) is 39.7 Å². The first-order valence-electron chi connectivity index (χ1n) is 2.96. The molecular weight excluding hydrogens is 369 g/mol. The lowest BCUT2D eigenvalue weighted by atomic mass is 10.2. The lowest BCUT2D eigenvalue weighted by Gasteiger charge is -1.96. The first kappa shape index (κ1) is 9.44. The van der Waals surface area contributed by atoms with Gasteiger partial charge in [-0.1, -0.05) is 34.7 Å². The van der Waals surface area contributed by atoms with Crippen molar-refractivity contribution in [3.8, 4) is 0 Å². The smallest absolute Gasteiger partial charge is 0.123 e. The Morgan fingerprint density at radius 1 is 1.27 bits per heavy atom. The van der Waals surface area contributed by atoms with Gasteiger partial charge in [0.15, 0.2) is 0 Å². The molecule has 0 heterocycles. The minimum atomic E-state index is -0.189. The van der Waals surface area contributed by atoms with Crippen molar-refractivity contribution in [3.63, 3.8) is 0 Å². The van der Waals surface area contributed by atoms with E-state index in [-0.39, 0.29) is 5.82 Å². The van der Waals surface area contributed by atoms with Gasteiger partial charge < -0.3 is 0 Å². The van der Waals surface area contributed by atoms with Crippen LogP contribution in [0.3, 0.4) is 0 Å². The molecule has 0 nitrogen and oxygen atoms in total. The second kappa shape index (κ2) is 4.39. The van der Waals surface area contributed by atoms with Crippen molar-refractivity contribution in [2.75, 3.05) is 0 Å². The summed E-state index contributed by atoms with van der Waals surface area (Å²) in [5, 5.41) is 0. The lowest BCUT2D eigenvalue weighted by molar-refractivity contribution is 0.628. The molecule has 0 unspecified atom stereocenters. The Labute approximate surface area is 92.2 Å². The van der Waals surface area contributed by atoms with Crippen LogP contribution in [-0.4, -0.2) is 0 Å². The van der Waals surface area contributed by atoms with Crippen LogP contribution in [0.4, 0.5) is 4.39 Å². The molecule has 0 aliphatic rings. The maximum Gasteiger partial charge on any atom is 0.123 e. The van der Waals surface area contributed by atoms with E-state index >= 15 is 0 Å². The summed E-state index contributed by atoms with van der Waals surface area (Å²) in [4.78, 5) is 0. The van der Waals surface area contributed by atoms with Crippen LogP contribution in [0, 0.1) is 5.82 Å². The van der Waals surface area contributed by atoms with Gasteiger partial charge >= 0.3 is 0 Å². The molecule has 1 rings (SSSR count). The molecule has 0 aliphatic carbocycles. The molecule has 0 fully saturated rings.